The van der Waals surface area contributed by atoms with Crippen LogP contribution in [0.2, 0.25) is 0 Å². The molecule has 2 aromatic carbocycles. The van der Waals surface area contributed by atoms with Gasteiger partial charge in [-0.25, -0.2) is 0 Å². The van der Waals surface area contributed by atoms with Crippen molar-refractivity contribution in [2.45, 2.75) is 32.4 Å². The van der Waals surface area contributed by atoms with Gasteiger partial charge in [-0.3, -0.25) is 0 Å². The molecule has 2 rings (SSSR count). The molecule has 0 fully saturated rings. The lowest BCUT2D eigenvalue weighted by molar-refractivity contribution is 0.541. The zero-order chi connectivity index (χ0) is 14.2. The number of aryl methyl sites for hydroxylation is 1. The minimum Gasteiger partial charge on any atom is -0.305 e. The highest BCUT2D eigenvalue weighted by Crippen LogP contribution is 2.18. The average molecular weight is 264 g/mol. The predicted octanol–water partition coefficient (Wildman–Crippen LogP) is 3.99. The highest BCUT2D eigenvalue weighted by atomic mass is 14.9. The molecule has 0 radical (unpaired) electrons. The molecule has 0 saturated heterocycles. The fourth-order valence-electron chi connectivity index (χ4n) is 2.39. The van der Waals surface area contributed by atoms with Crippen LogP contribution in [0.5, 0.6) is 0 Å². The molecule has 0 aliphatic heterocycles. The molecule has 20 heavy (non-hydrogen) atoms. The Morgan fingerprint density at radius 1 is 1.00 bits per heavy atom. The molecule has 1 atom stereocenters. The Labute approximate surface area is 121 Å². The first-order valence-electron chi connectivity index (χ1n) is 7.07. The Morgan fingerprint density at radius 2 is 1.65 bits per heavy atom. The van der Waals surface area contributed by atoms with Gasteiger partial charge in [-0.2, -0.15) is 5.26 Å². The summed E-state index contributed by atoms with van der Waals surface area (Å²) in [6, 6.07) is 21.0. The van der Waals surface area contributed by atoms with E-state index in [-0.39, 0.29) is 6.04 Å². The third-order valence-electron chi connectivity index (χ3n) is 3.54. The molecule has 2 heteroatoms. The monoisotopic (exact) mass is 264 g/mol. The number of benzene rings is 2. The number of rotatable bonds is 6. The normalized spacial score (nSPS) is 11.8. The number of nitriles is 1. The highest BCUT2D eigenvalue weighted by molar-refractivity contribution is 5.27. The second kappa shape index (κ2) is 7.47. The van der Waals surface area contributed by atoms with Crippen molar-refractivity contribution in [3.8, 4) is 6.07 Å². The van der Waals surface area contributed by atoms with Crippen LogP contribution in [0.3, 0.4) is 0 Å². The van der Waals surface area contributed by atoms with Gasteiger partial charge in [-0.1, -0.05) is 61.5 Å². The number of hydrogen-bond acceptors (Lipinski definition) is 2. The van der Waals surface area contributed by atoms with Crippen molar-refractivity contribution in [3.63, 3.8) is 0 Å². The molecule has 2 nitrogen and oxygen atoms in total. The topological polar surface area (TPSA) is 35.8 Å². The van der Waals surface area contributed by atoms with Gasteiger partial charge in [0.2, 0.25) is 0 Å². The van der Waals surface area contributed by atoms with Crippen LogP contribution >= 0.6 is 0 Å². The fourth-order valence-corrected chi connectivity index (χ4v) is 2.39. The zero-order valence-electron chi connectivity index (χ0n) is 11.8. The SMILES string of the molecule is CCc1ccccc1CNC(CC#N)c1ccccc1. The van der Waals surface area contributed by atoms with Crippen LogP contribution in [0.25, 0.3) is 0 Å². The molecule has 2 aromatic rings. The standard InChI is InChI=1S/C18H20N2/c1-2-15-8-6-7-11-17(15)14-20-18(12-13-19)16-9-4-3-5-10-16/h3-11,18,20H,2,12,14H2,1H3. The lowest BCUT2D eigenvalue weighted by Gasteiger charge is -2.17. The van der Waals surface area contributed by atoms with Gasteiger partial charge >= 0.3 is 0 Å². The third kappa shape index (κ3) is 3.69. The van der Waals surface area contributed by atoms with Gasteiger partial charge in [0.15, 0.2) is 0 Å². The van der Waals surface area contributed by atoms with Gasteiger partial charge in [0.1, 0.15) is 0 Å². The molecular formula is C18H20N2. The van der Waals surface area contributed by atoms with E-state index in [2.05, 4.69) is 54.7 Å². The molecular weight excluding hydrogens is 244 g/mol. The second-order valence-electron chi connectivity index (χ2n) is 4.83. The summed E-state index contributed by atoms with van der Waals surface area (Å²) in [5, 5.41) is 12.5. The Kier molecular flexibility index (Phi) is 5.34. The first kappa shape index (κ1) is 14.3. The summed E-state index contributed by atoms with van der Waals surface area (Å²) in [4.78, 5) is 0. The van der Waals surface area contributed by atoms with Crippen LogP contribution in [-0.2, 0) is 13.0 Å². The van der Waals surface area contributed by atoms with Crippen molar-refractivity contribution in [2.24, 2.45) is 0 Å². The maximum Gasteiger partial charge on any atom is 0.0641 e. The van der Waals surface area contributed by atoms with Gasteiger partial charge < -0.3 is 5.32 Å². The molecule has 1 unspecified atom stereocenters. The van der Waals surface area contributed by atoms with E-state index in [4.69, 9.17) is 5.26 Å². The van der Waals surface area contributed by atoms with Gasteiger partial charge in [0.25, 0.3) is 0 Å². The molecule has 0 aromatic heterocycles. The Bertz CT molecular complexity index is 569. The summed E-state index contributed by atoms with van der Waals surface area (Å²) in [7, 11) is 0. The Morgan fingerprint density at radius 3 is 2.30 bits per heavy atom. The van der Waals surface area contributed by atoms with E-state index in [1.165, 1.54) is 16.7 Å². The smallest absolute Gasteiger partial charge is 0.0641 e. The van der Waals surface area contributed by atoms with Crippen LogP contribution in [0.1, 0.15) is 36.1 Å². The number of nitrogens with one attached hydrogen (secondary N) is 1. The van der Waals surface area contributed by atoms with E-state index in [0.29, 0.717) is 6.42 Å². The first-order valence-corrected chi connectivity index (χ1v) is 7.07. The largest absolute Gasteiger partial charge is 0.305 e. The van der Waals surface area contributed by atoms with Crippen LogP contribution in [0, 0.1) is 11.3 Å². The minimum atomic E-state index is 0.0890. The molecule has 0 aliphatic rings. The maximum absolute atomic E-state index is 9.01. The summed E-state index contributed by atoms with van der Waals surface area (Å²) in [6.45, 7) is 2.97. The van der Waals surface area contributed by atoms with Gasteiger partial charge in [0, 0.05) is 12.6 Å². The van der Waals surface area contributed by atoms with E-state index >= 15 is 0 Å². The second-order valence-corrected chi connectivity index (χ2v) is 4.83. The summed E-state index contributed by atoms with van der Waals surface area (Å²) in [5.74, 6) is 0. The van der Waals surface area contributed by atoms with Crippen LogP contribution < -0.4 is 5.32 Å². The summed E-state index contributed by atoms with van der Waals surface area (Å²) >= 11 is 0. The van der Waals surface area contributed by atoms with Gasteiger partial charge in [0.05, 0.1) is 12.5 Å². The van der Waals surface area contributed by atoms with E-state index in [1.54, 1.807) is 0 Å². The molecule has 0 heterocycles. The maximum atomic E-state index is 9.01. The third-order valence-corrected chi connectivity index (χ3v) is 3.54. The van der Waals surface area contributed by atoms with Crippen LogP contribution in [-0.4, -0.2) is 0 Å². The Balaban J connectivity index is 2.08. The van der Waals surface area contributed by atoms with Gasteiger partial charge in [-0.05, 0) is 23.1 Å². The van der Waals surface area contributed by atoms with Crippen LogP contribution in [0.4, 0.5) is 0 Å². The molecule has 1 N–H and O–H groups in total. The van der Waals surface area contributed by atoms with Crippen LogP contribution in [0.15, 0.2) is 54.6 Å². The molecule has 0 amide bonds. The minimum absolute atomic E-state index is 0.0890. The van der Waals surface area contributed by atoms with Crippen molar-refractivity contribution >= 4 is 0 Å². The van der Waals surface area contributed by atoms with Crippen molar-refractivity contribution in [2.75, 3.05) is 0 Å². The molecule has 0 aliphatic carbocycles. The molecule has 0 saturated carbocycles. The van der Waals surface area contributed by atoms with Gasteiger partial charge in [-0.15, -0.1) is 0 Å². The van der Waals surface area contributed by atoms with Crippen molar-refractivity contribution in [1.82, 2.24) is 5.32 Å². The van der Waals surface area contributed by atoms with Crippen molar-refractivity contribution in [1.29, 1.82) is 5.26 Å². The lowest BCUT2D eigenvalue weighted by atomic mass is 10.0. The highest BCUT2D eigenvalue weighted by Gasteiger charge is 2.10. The summed E-state index contributed by atoms with van der Waals surface area (Å²) < 4.78 is 0. The summed E-state index contributed by atoms with van der Waals surface area (Å²) in [6.07, 6.45) is 1.52. The Hall–Kier alpha value is -2.11. The van der Waals surface area contributed by atoms with Crippen molar-refractivity contribution < 1.29 is 0 Å². The van der Waals surface area contributed by atoms with Crippen molar-refractivity contribution in [3.05, 3.63) is 71.3 Å². The molecule has 102 valence electrons. The first-order chi connectivity index (χ1) is 9.85. The fraction of sp³-hybridized carbons (Fsp3) is 0.278. The number of hydrogen-bond donors (Lipinski definition) is 1. The predicted molar refractivity (Wildman–Crippen MR) is 82.1 cm³/mol. The zero-order valence-corrected chi connectivity index (χ0v) is 11.8. The average Bonchev–Trinajstić information content (AvgIpc) is 2.52. The quantitative estimate of drug-likeness (QED) is 0.856. The number of nitrogens with zero attached hydrogens (tertiary/aromatic N) is 1. The lowest BCUT2D eigenvalue weighted by Crippen LogP contribution is -2.21. The molecule has 0 spiro atoms. The van der Waals surface area contributed by atoms with E-state index in [1.807, 2.05) is 18.2 Å². The van der Waals surface area contributed by atoms with E-state index < -0.39 is 0 Å². The van der Waals surface area contributed by atoms with E-state index in [9.17, 15) is 0 Å². The summed E-state index contributed by atoms with van der Waals surface area (Å²) in [5.41, 5.74) is 3.85. The van der Waals surface area contributed by atoms with E-state index in [0.717, 1.165) is 13.0 Å². The molecule has 0 bridgehead atoms.